The van der Waals surface area contributed by atoms with E-state index in [0.29, 0.717) is 0 Å². The van der Waals surface area contributed by atoms with Gasteiger partial charge in [0.15, 0.2) is 0 Å². The smallest absolute Gasteiger partial charge is 0.135 e. The summed E-state index contributed by atoms with van der Waals surface area (Å²) in [6.45, 7) is 12.3. The normalized spacial score (nSPS) is 13.2. The van der Waals surface area contributed by atoms with Gasteiger partial charge >= 0.3 is 0 Å². The van der Waals surface area contributed by atoms with Crippen molar-refractivity contribution >= 4 is 120 Å². The van der Waals surface area contributed by atoms with Gasteiger partial charge in [-0.05, 0) is 133 Å². The van der Waals surface area contributed by atoms with Crippen molar-refractivity contribution in [1.29, 1.82) is 0 Å². The molecule has 11 aromatic rings. The van der Waals surface area contributed by atoms with Gasteiger partial charge in [-0.1, -0.05) is 153 Å². The molecule has 0 saturated heterocycles. The van der Waals surface area contributed by atoms with Gasteiger partial charge in [-0.3, -0.25) is 0 Å². The van der Waals surface area contributed by atoms with Crippen molar-refractivity contribution in [2.75, 3.05) is 9.80 Å². The lowest BCUT2D eigenvalue weighted by molar-refractivity contribution is 0.669. The van der Waals surface area contributed by atoms with Crippen LogP contribution in [0.3, 0.4) is 0 Å². The van der Waals surface area contributed by atoms with Gasteiger partial charge in [0.05, 0.1) is 13.8 Å². The fraction of sp³-hybridized carbons (Fsp3) is 0.0847. The zero-order chi connectivity index (χ0) is 43.3. The quantitative estimate of drug-likeness (QED) is 0.118. The summed E-state index contributed by atoms with van der Waals surface area (Å²) in [4.78, 5) is 4.88. The fourth-order valence-electron chi connectivity index (χ4n) is 10.5. The highest BCUT2D eigenvalue weighted by atomic mass is 28.3. The Balaban J connectivity index is 1.08. The number of benzene rings is 10. The van der Waals surface area contributed by atoms with Crippen molar-refractivity contribution in [2.45, 2.75) is 32.7 Å². The van der Waals surface area contributed by atoms with E-state index in [1.54, 1.807) is 0 Å². The van der Waals surface area contributed by atoms with Crippen LogP contribution in [0.4, 0.5) is 34.1 Å². The molecule has 2 heterocycles. The third kappa shape index (κ3) is 5.99. The topological polar surface area (TPSA) is 19.6 Å². The van der Waals surface area contributed by atoms with Crippen molar-refractivity contribution in [2.24, 2.45) is 0 Å². The highest BCUT2D eigenvalue weighted by Crippen LogP contribution is 2.47. The number of nitrogens with zero attached hydrogens (tertiary/aromatic N) is 2. The van der Waals surface area contributed by atoms with Crippen LogP contribution in [0.5, 0.6) is 0 Å². The first-order chi connectivity index (χ1) is 31.1. The second-order valence-electron chi connectivity index (χ2n) is 19.0. The van der Waals surface area contributed by atoms with Gasteiger partial charge in [-0.15, -0.1) is 0 Å². The molecule has 64 heavy (non-hydrogen) atoms. The van der Waals surface area contributed by atoms with Crippen LogP contribution in [-0.4, -0.2) is 16.1 Å². The molecule has 0 fully saturated rings. The van der Waals surface area contributed by atoms with E-state index >= 15 is 0 Å². The molecular formula is C59H48N2OSi2. The van der Waals surface area contributed by atoms with Crippen molar-refractivity contribution in [3.63, 3.8) is 0 Å². The summed E-state index contributed by atoms with van der Waals surface area (Å²) in [5.74, 6) is 0. The Kier molecular flexibility index (Phi) is 8.68. The summed E-state index contributed by atoms with van der Waals surface area (Å²) in [7, 11) is -3.69. The van der Waals surface area contributed by atoms with E-state index in [4.69, 9.17) is 4.42 Å². The molecule has 0 saturated carbocycles. The molecule has 3 nitrogen and oxygen atoms in total. The van der Waals surface area contributed by atoms with Crippen LogP contribution in [0.1, 0.15) is 0 Å². The molecule has 1 aliphatic rings. The second kappa shape index (κ2) is 14.4. The summed E-state index contributed by atoms with van der Waals surface area (Å²) >= 11 is 0. The maximum atomic E-state index is 6.31. The monoisotopic (exact) mass is 856 g/mol. The van der Waals surface area contributed by atoms with E-state index in [2.05, 4.69) is 237 Å². The Hall–Kier alpha value is -7.19. The zero-order valence-electron chi connectivity index (χ0n) is 36.9. The maximum Gasteiger partial charge on any atom is 0.135 e. The molecule has 0 bridgehead atoms. The maximum absolute atomic E-state index is 6.31. The van der Waals surface area contributed by atoms with E-state index in [1.807, 2.05) is 6.07 Å². The average molecular weight is 857 g/mol. The summed E-state index contributed by atoms with van der Waals surface area (Å²) in [5.41, 5.74) is 11.4. The summed E-state index contributed by atoms with van der Waals surface area (Å²) in [5, 5.41) is 14.4. The second-order valence-corrected chi connectivity index (χ2v) is 28.4. The van der Waals surface area contributed by atoms with Gasteiger partial charge in [0, 0.05) is 44.6 Å². The molecule has 1 aromatic heterocycles. The zero-order valence-corrected chi connectivity index (χ0v) is 38.9. The number of fused-ring (bicyclic) bond motifs is 9. The van der Waals surface area contributed by atoms with E-state index in [0.717, 1.165) is 44.7 Å². The minimum absolute atomic E-state index is 0.893. The third-order valence-electron chi connectivity index (χ3n) is 13.8. The number of hydrogen-bond acceptors (Lipinski definition) is 3. The lowest BCUT2D eigenvalue weighted by Crippen LogP contribution is -2.56. The van der Waals surface area contributed by atoms with Gasteiger partial charge in [-0.25, -0.2) is 0 Å². The number of rotatable bonds is 7. The molecule has 0 aliphatic carbocycles. The lowest BCUT2D eigenvalue weighted by atomic mass is 9.89. The molecule has 5 heteroatoms. The minimum atomic E-state index is -2.24. The van der Waals surface area contributed by atoms with Crippen LogP contribution in [0.15, 0.2) is 205 Å². The van der Waals surface area contributed by atoms with E-state index < -0.39 is 16.1 Å². The van der Waals surface area contributed by atoms with E-state index in [1.165, 1.54) is 70.4 Å². The fourth-order valence-corrected chi connectivity index (χ4v) is 14.8. The molecule has 0 N–H and O–H groups in total. The number of anilines is 6. The largest absolute Gasteiger partial charge is 0.456 e. The molecule has 10 aromatic carbocycles. The van der Waals surface area contributed by atoms with E-state index in [-0.39, 0.29) is 0 Å². The number of hydrogen-bond donors (Lipinski definition) is 0. The van der Waals surface area contributed by atoms with Gasteiger partial charge in [-0.2, -0.15) is 0 Å². The highest BCUT2D eigenvalue weighted by molar-refractivity contribution is 7.03. The van der Waals surface area contributed by atoms with Crippen molar-refractivity contribution in [3.05, 3.63) is 200 Å². The van der Waals surface area contributed by atoms with Gasteiger partial charge < -0.3 is 14.2 Å². The average Bonchev–Trinajstić information content (AvgIpc) is 3.70. The Morgan fingerprint density at radius 3 is 1.67 bits per heavy atom. The molecule has 0 spiro atoms. The minimum Gasteiger partial charge on any atom is -0.456 e. The SMILES string of the molecule is C[Si](C)(C)c1ccc(N(c2ccccc2)c2ccc3c(c2)[Si](C)(C)c2cccc4c2c-3cc2c3ccccc3c(N(c3ccccc3)c3ccc5oc6ccccc6c5c3)cc42)cc1. The predicted octanol–water partition coefficient (Wildman–Crippen LogP) is 15.3. The Bertz CT molecular complexity index is 3630. The molecule has 308 valence electrons. The van der Waals surface area contributed by atoms with Crippen LogP contribution in [0, 0.1) is 0 Å². The van der Waals surface area contributed by atoms with Gasteiger partial charge in [0.25, 0.3) is 0 Å². The van der Waals surface area contributed by atoms with Crippen LogP contribution in [0.2, 0.25) is 32.7 Å². The first kappa shape index (κ1) is 38.5. The molecular weight excluding hydrogens is 809 g/mol. The Morgan fingerprint density at radius 2 is 0.938 bits per heavy atom. The molecule has 12 rings (SSSR count). The first-order valence-corrected chi connectivity index (χ1v) is 28.9. The molecule has 0 atom stereocenters. The molecule has 0 amide bonds. The van der Waals surface area contributed by atoms with Gasteiger partial charge in [0.1, 0.15) is 19.2 Å². The van der Waals surface area contributed by atoms with Crippen molar-refractivity contribution in [3.8, 4) is 11.1 Å². The van der Waals surface area contributed by atoms with Crippen molar-refractivity contribution < 1.29 is 4.42 Å². The van der Waals surface area contributed by atoms with Crippen molar-refractivity contribution in [1.82, 2.24) is 0 Å². The van der Waals surface area contributed by atoms with Crippen LogP contribution < -0.4 is 25.4 Å². The number of para-hydroxylation sites is 3. The predicted molar refractivity (Wildman–Crippen MR) is 281 cm³/mol. The molecule has 0 radical (unpaired) electrons. The van der Waals surface area contributed by atoms with Crippen LogP contribution in [0.25, 0.3) is 65.4 Å². The standard InChI is InChI=1S/C59H48N2OSi2/c1-63(2,3)44-31-27-41(28-32-44)60(39-17-8-6-9-18-39)43-29-33-48-53-37-50-45-21-12-13-22-46(45)54(38-51(50)49-24-16-26-57(59(49)53)64(4,5)58(48)36-43)61(40-19-10-7-11-20-40)42-30-34-56-52(35-42)47-23-14-15-25-55(47)62-56/h6-38H,1-5H3. The summed E-state index contributed by atoms with van der Waals surface area (Å²) in [6.07, 6.45) is 0. The lowest BCUT2D eigenvalue weighted by Gasteiger charge is -2.36. The first-order valence-electron chi connectivity index (χ1n) is 22.4. The van der Waals surface area contributed by atoms with E-state index in [9.17, 15) is 0 Å². The third-order valence-corrected chi connectivity index (χ3v) is 19.3. The van der Waals surface area contributed by atoms with Crippen LogP contribution >= 0.6 is 0 Å². The Morgan fingerprint density at radius 1 is 0.375 bits per heavy atom. The van der Waals surface area contributed by atoms with Gasteiger partial charge in [0.2, 0.25) is 0 Å². The highest BCUT2D eigenvalue weighted by Gasteiger charge is 2.37. The summed E-state index contributed by atoms with van der Waals surface area (Å²) in [6, 6.07) is 74.3. The summed E-state index contributed by atoms with van der Waals surface area (Å²) < 4.78 is 6.31. The van der Waals surface area contributed by atoms with Crippen LogP contribution in [-0.2, 0) is 0 Å². The molecule has 0 unspecified atom stereocenters. The Labute approximate surface area is 376 Å². The number of furan rings is 1. The molecule has 1 aliphatic heterocycles.